The molecule has 0 amide bonds. The first-order valence-electron chi connectivity index (χ1n) is 5.54. The second kappa shape index (κ2) is 6.55. The van der Waals surface area contributed by atoms with E-state index < -0.39 is 5.97 Å². The van der Waals surface area contributed by atoms with Crippen molar-refractivity contribution < 1.29 is 9.53 Å². The van der Waals surface area contributed by atoms with Crippen LogP contribution in [-0.4, -0.2) is 5.97 Å². The number of carbonyl (C=O) groups is 1. The summed E-state index contributed by atoms with van der Waals surface area (Å²) in [6.45, 7) is 0. The Morgan fingerprint density at radius 3 is 2.58 bits per heavy atom. The molecular weight excluding hydrogens is 328 g/mol. The van der Waals surface area contributed by atoms with E-state index in [0.29, 0.717) is 10.8 Å². The van der Waals surface area contributed by atoms with Gasteiger partial charge in [-0.2, -0.15) is 0 Å². The molecule has 0 fully saturated rings. The highest BCUT2D eigenvalue weighted by Crippen LogP contribution is 2.16. The summed E-state index contributed by atoms with van der Waals surface area (Å²) < 4.78 is 6.07. The summed E-state index contributed by atoms with van der Waals surface area (Å²) in [5.41, 5.74) is 0.847. The maximum atomic E-state index is 11.6. The molecule has 0 atom stereocenters. The van der Waals surface area contributed by atoms with Crippen molar-refractivity contribution in [1.82, 2.24) is 0 Å². The van der Waals surface area contributed by atoms with Crippen molar-refractivity contribution in [2.75, 3.05) is 0 Å². The van der Waals surface area contributed by atoms with Crippen LogP contribution in [0.4, 0.5) is 0 Å². The van der Waals surface area contributed by atoms with E-state index in [2.05, 4.69) is 15.9 Å². The number of esters is 1. The van der Waals surface area contributed by atoms with Gasteiger partial charge in [-0.15, -0.1) is 0 Å². The highest BCUT2D eigenvalue weighted by Gasteiger charge is 2.00. The minimum Gasteiger partial charge on any atom is -0.423 e. The number of carbonyl (C=O) groups excluding carboxylic acids is 1. The Morgan fingerprint density at radius 1 is 1.16 bits per heavy atom. The van der Waals surface area contributed by atoms with Gasteiger partial charge >= 0.3 is 5.97 Å². The Bertz CT molecular complexity index is 606. The zero-order chi connectivity index (χ0) is 13.7. The lowest BCUT2D eigenvalue weighted by Crippen LogP contribution is -2.03. The normalized spacial score (nSPS) is 10.6. The average molecular weight is 338 g/mol. The highest BCUT2D eigenvalue weighted by molar-refractivity contribution is 9.10. The fraction of sp³-hybridized carbons (Fsp3) is 0. The van der Waals surface area contributed by atoms with Crippen LogP contribution in [0.5, 0.6) is 5.75 Å². The summed E-state index contributed by atoms with van der Waals surface area (Å²) in [6, 6.07) is 14.3. The van der Waals surface area contributed by atoms with Crippen LogP contribution < -0.4 is 4.74 Å². The molecule has 0 N–H and O–H groups in total. The van der Waals surface area contributed by atoms with Gasteiger partial charge in [-0.3, -0.25) is 0 Å². The molecule has 0 radical (unpaired) electrons. The second-order valence-electron chi connectivity index (χ2n) is 3.76. The van der Waals surface area contributed by atoms with Crippen molar-refractivity contribution >= 4 is 39.6 Å². The lowest BCUT2D eigenvalue weighted by molar-refractivity contribution is -0.128. The summed E-state index contributed by atoms with van der Waals surface area (Å²) >= 11 is 9.16. The molecule has 0 spiro atoms. The molecule has 4 heteroatoms. The first kappa shape index (κ1) is 13.8. The quantitative estimate of drug-likeness (QED) is 0.460. The van der Waals surface area contributed by atoms with Gasteiger partial charge in [0.05, 0.1) is 0 Å². The van der Waals surface area contributed by atoms with Crippen LogP contribution in [0.3, 0.4) is 0 Å². The maximum Gasteiger partial charge on any atom is 0.336 e. The molecule has 2 aromatic rings. The first-order chi connectivity index (χ1) is 9.13. The molecule has 0 saturated heterocycles. The predicted molar refractivity (Wildman–Crippen MR) is 80.3 cm³/mol. The molecular formula is C15H10BrClO2. The molecule has 0 aliphatic rings. The molecule has 2 aromatic carbocycles. The molecule has 2 nitrogen and oxygen atoms in total. The van der Waals surface area contributed by atoms with E-state index in [1.807, 2.05) is 24.3 Å². The van der Waals surface area contributed by atoms with Crippen molar-refractivity contribution in [3.63, 3.8) is 0 Å². The van der Waals surface area contributed by atoms with Crippen LogP contribution in [0.25, 0.3) is 6.08 Å². The lowest BCUT2D eigenvalue weighted by Gasteiger charge is -2.00. The molecule has 2 rings (SSSR count). The molecule has 0 heterocycles. The number of ether oxygens (including phenoxy) is 1. The lowest BCUT2D eigenvalue weighted by atomic mass is 10.2. The number of hydrogen-bond acceptors (Lipinski definition) is 2. The molecule has 0 bridgehead atoms. The third-order valence-corrected chi connectivity index (χ3v) is 3.06. The fourth-order valence-corrected chi connectivity index (χ4v) is 1.89. The molecule has 0 aliphatic carbocycles. The van der Waals surface area contributed by atoms with Gasteiger partial charge in [0.1, 0.15) is 5.75 Å². The van der Waals surface area contributed by atoms with Crippen molar-refractivity contribution in [2.45, 2.75) is 0 Å². The Kier molecular flexibility index (Phi) is 4.77. The van der Waals surface area contributed by atoms with Crippen LogP contribution in [0.15, 0.2) is 59.1 Å². The zero-order valence-electron chi connectivity index (χ0n) is 9.85. The van der Waals surface area contributed by atoms with Crippen LogP contribution in [0.1, 0.15) is 5.56 Å². The summed E-state index contributed by atoms with van der Waals surface area (Å²) in [5.74, 6) is 0.0752. The van der Waals surface area contributed by atoms with Crippen molar-refractivity contribution in [2.24, 2.45) is 0 Å². The Morgan fingerprint density at radius 2 is 1.89 bits per heavy atom. The zero-order valence-corrected chi connectivity index (χ0v) is 12.2. The molecule has 0 saturated carbocycles. The van der Waals surface area contributed by atoms with Crippen LogP contribution >= 0.6 is 27.5 Å². The summed E-state index contributed by atoms with van der Waals surface area (Å²) in [5, 5.41) is 0.628. The fourth-order valence-electron chi connectivity index (χ4n) is 1.43. The monoisotopic (exact) mass is 336 g/mol. The topological polar surface area (TPSA) is 26.3 Å². The third-order valence-electron chi connectivity index (χ3n) is 2.29. The van der Waals surface area contributed by atoms with E-state index in [4.69, 9.17) is 16.3 Å². The van der Waals surface area contributed by atoms with E-state index in [-0.39, 0.29) is 0 Å². The van der Waals surface area contributed by atoms with Gasteiger partial charge < -0.3 is 4.74 Å². The number of rotatable bonds is 3. The highest BCUT2D eigenvalue weighted by atomic mass is 79.9. The van der Waals surface area contributed by atoms with E-state index >= 15 is 0 Å². The van der Waals surface area contributed by atoms with Gasteiger partial charge in [0, 0.05) is 15.6 Å². The van der Waals surface area contributed by atoms with E-state index in [9.17, 15) is 4.79 Å². The Balaban J connectivity index is 1.99. The van der Waals surface area contributed by atoms with Crippen LogP contribution in [0, 0.1) is 0 Å². The third kappa shape index (κ3) is 4.54. The van der Waals surface area contributed by atoms with Gasteiger partial charge in [0.25, 0.3) is 0 Å². The van der Waals surface area contributed by atoms with E-state index in [1.54, 1.807) is 30.3 Å². The first-order valence-corrected chi connectivity index (χ1v) is 6.71. The number of benzene rings is 2. The van der Waals surface area contributed by atoms with Gasteiger partial charge in [-0.25, -0.2) is 4.79 Å². The van der Waals surface area contributed by atoms with Gasteiger partial charge in [0.2, 0.25) is 0 Å². The maximum absolute atomic E-state index is 11.6. The van der Waals surface area contributed by atoms with Crippen molar-refractivity contribution in [3.05, 3.63) is 69.7 Å². The minimum atomic E-state index is -0.428. The molecule has 96 valence electrons. The van der Waals surface area contributed by atoms with Crippen molar-refractivity contribution in [1.29, 1.82) is 0 Å². The van der Waals surface area contributed by atoms with E-state index in [0.717, 1.165) is 10.0 Å². The molecule has 0 unspecified atom stereocenters. The summed E-state index contributed by atoms with van der Waals surface area (Å²) in [7, 11) is 0. The van der Waals surface area contributed by atoms with E-state index in [1.165, 1.54) is 6.08 Å². The number of halogens is 2. The standard InChI is InChI=1S/C15H10BrClO2/c16-12-5-7-14(8-6-12)19-15(18)9-4-11-2-1-3-13(17)10-11/h1-10H/b9-4+. The molecule has 0 aromatic heterocycles. The van der Waals surface area contributed by atoms with Gasteiger partial charge in [-0.05, 0) is 48.0 Å². The number of hydrogen-bond donors (Lipinski definition) is 0. The molecule has 19 heavy (non-hydrogen) atoms. The summed E-state index contributed by atoms with van der Waals surface area (Å²) in [4.78, 5) is 11.6. The van der Waals surface area contributed by atoms with Gasteiger partial charge in [-0.1, -0.05) is 39.7 Å². The van der Waals surface area contributed by atoms with Crippen molar-refractivity contribution in [3.8, 4) is 5.75 Å². The average Bonchev–Trinajstić information content (AvgIpc) is 2.39. The Hall–Kier alpha value is -1.58. The SMILES string of the molecule is O=C(/C=C/c1cccc(Cl)c1)Oc1ccc(Br)cc1. The smallest absolute Gasteiger partial charge is 0.336 e. The van der Waals surface area contributed by atoms with Crippen LogP contribution in [0.2, 0.25) is 5.02 Å². The predicted octanol–water partition coefficient (Wildman–Crippen LogP) is 4.72. The summed E-state index contributed by atoms with van der Waals surface area (Å²) in [6.07, 6.45) is 3.03. The minimum absolute atomic E-state index is 0.428. The molecule has 0 aliphatic heterocycles. The second-order valence-corrected chi connectivity index (χ2v) is 5.12. The van der Waals surface area contributed by atoms with Gasteiger partial charge in [0.15, 0.2) is 0 Å². The Labute approximate surface area is 124 Å². The largest absolute Gasteiger partial charge is 0.423 e. The van der Waals surface area contributed by atoms with Crippen LogP contribution in [-0.2, 0) is 4.79 Å².